The second kappa shape index (κ2) is 5.70. The summed E-state index contributed by atoms with van der Waals surface area (Å²) in [5.41, 5.74) is 0.490. The molecule has 1 amide bonds. The van der Waals surface area contributed by atoms with E-state index in [0.717, 1.165) is 0 Å². The minimum absolute atomic E-state index is 0.0117. The number of aromatic nitrogens is 1. The van der Waals surface area contributed by atoms with Crippen LogP contribution in [0.4, 0.5) is 5.69 Å². The maximum absolute atomic E-state index is 12.2. The van der Waals surface area contributed by atoms with Crippen molar-refractivity contribution >= 4 is 17.6 Å². The highest BCUT2D eigenvalue weighted by Crippen LogP contribution is 2.25. The Balaban J connectivity index is 2.29. The molecule has 0 fully saturated rings. The molecule has 0 aliphatic rings. The van der Waals surface area contributed by atoms with Gasteiger partial charge in [-0.05, 0) is 44.2 Å². The Morgan fingerprint density at radius 2 is 1.95 bits per heavy atom. The summed E-state index contributed by atoms with van der Waals surface area (Å²) in [5.74, 6) is -1.72. The molecule has 0 aliphatic carbocycles. The quantitative estimate of drug-likeness (QED) is 0.754. The average molecular weight is 288 g/mol. The SMILES string of the molecule is CC(C)n1cccc1C(=O)Nc1cc(C(=O)O)ccc1O. The predicted molar refractivity (Wildman–Crippen MR) is 77.8 cm³/mol. The van der Waals surface area contributed by atoms with Crippen LogP contribution in [0.2, 0.25) is 0 Å². The zero-order valence-electron chi connectivity index (χ0n) is 11.7. The number of rotatable bonds is 4. The molecule has 2 rings (SSSR count). The molecule has 0 atom stereocenters. The van der Waals surface area contributed by atoms with Crippen LogP contribution in [0.3, 0.4) is 0 Å². The number of anilines is 1. The molecule has 1 heterocycles. The summed E-state index contributed by atoms with van der Waals surface area (Å²) >= 11 is 0. The summed E-state index contributed by atoms with van der Waals surface area (Å²) in [7, 11) is 0. The van der Waals surface area contributed by atoms with Crippen LogP contribution in [0.5, 0.6) is 5.75 Å². The van der Waals surface area contributed by atoms with Gasteiger partial charge in [-0.15, -0.1) is 0 Å². The molecule has 21 heavy (non-hydrogen) atoms. The van der Waals surface area contributed by atoms with Gasteiger partial charge in [0, 0.05) is 12.2 Å². The number of carboxylic acids is 1. The molecule has 3 N–H and O–H groups in total. The second-order valence-electron chi connectivity index (χ2n) is 4.89. The third-order valence-electron chi connectivity index (χ3n) is 3.06. The number of hydrogen-bond donors (Lipinski definition) is 3. The Labute approximate surface area is 121 Å². The molecule has 110 valence electrons. The van der Waals surface area contributed by atoms with Gasteiger partial charge in [-0.25, -0.2) is 4.79 Å². The fourth-order valence-electron chi connectivity index (χ4n) is 1.99. The zero-order valence-corrected chi connectivity index (χ0v) is 11.7. The van der Waals surface area contributed by atoms with Crippen LogP contribution >= 0.6 is 0 Å². The number of aromatic hydroxyl groups is 1. The Bertz CT molecular complexity index is 689. The molecule has 0 saturated carbocycles. The molecule has 2 aromatic rings. The first-order valence-electron chi connectivity index (χ1n) is 6.44. The fraction of sp³-hybridized carbons (Fsp3) is 0.200. The standard InChI is InChI=1S/C15H16N2O4/c1-9(2)17-7-3-4-12(17)14(19)16-11-8-10(15(20)21)5-6-13(11)18/h3-9,18H,1-2H3,(H,16,19)(H,20,21). The highest BCUT2D eigenvalue weighted by Gasteiger charge is 2.15. The van der Waals surface area contributed by atoms with Crippen LogP contribution in [0.15, 0.2) is 36.5 Å². The molecule has 6 heteroatoms. The van der Waals surface area contributed by atoms with Crippen molar-refractivity contribution in [2.75, 3.05) is 5.32 Å². The van der Waals surface area contributed by atoms with Crippen molar-refractivity contribution in [3.05, 3.63) is 47.8 Å². The van der Waals surface area contributed by atoms with Gasteiger partial charge in [-0.2, -0.15) is 0 Å². The molecule has 0 spiro atoms. The lowest BCUT2D eigenvalue weighted by atomic mass is 10.2. The predicted octanol–water partition coefficient (Wildman–Crippen LogP) is 2.73. The number of carbonyl (C=O) groups is 2. The lowest BCUT2D eigenvalue weighted by Crippen LogP contribution is -2.18. The largest absolute Gasteiger partial charge is 0.506 e. The minimum atomic E-state index is -1.13. The van der Waals surface area contributed by atoms with Crippen LogP contribution in [0.1, 0.15) is 40.7 Å². The van der Waals surface area contributed by atoms with E-state index in [2.05, 4.69) is 5.32 Å². The third kappa shape index (κ3) is 3.05. The number of nitrogens with zero attached hydrogens (tertiary/aromatic N) is 1. The van der Waals surface area contributed by atoms with Gasteiger partial charge in [0.05, 0.1) is 11.3 Å². The number of carboxylic acid groups (broad SMARTS) is 1. The van der Waals surface area contributed by atoms with E-state index in [0.29, 0.717) is 5.69 Å². The summed E-state index contributed by atoms with van der Waals surface area (Å²) in [5, 5.41) is 21.2. The van der Waals surface area contributed by atoms with Crippen molar-refractivity contribution in [2.45, 2.75) is 19.9 Å². The van der Waals surface area contributed by atoms with Crippen molar-refractivity contribution in [1.29, 1.82) is 0 Å². The maximum atomic E-state index is 12.2. The summed E-state index contributed by atoms with van der Waals surface area (Å²) in [4.78, 5) is 23.2. The van der Waals surface area contributed by atoms with Gasteiger partial charge in [0.25, 0.3) is 5.91 Å². The average Bonchev–Trinajstić information content (AvgIpc) is 2.90. The van der Waals surface area contributed by atoms with Crippen LogP contribution < -0.4 is 5.32 Å². The smallest absolute Gasteiger partial charge is 0.335 e. The summed E-state index contributed by atoms with van der Waals surface area (Å²) < 4.78 is 1.79. The molecular formula is C15H16N2O4. The Hall–Kier alpha value is -2.76. The first-order valence-corrected chi connectivity index (χ1v) is 6.44. The number of phenols is 1. The second-order valence-corrected chi connectivity index (χ2v) is 4.89. The molecule has 6 nitrogen and oxygen atoms in total. The van der Waals surface area contributed by atoms with E-state index in [9.17, 15) is 14.7 Å². The Morgan fingerprint density at radius 1 is 1.24 bits per heavy atom. The molecule has 0 radical (unpaired) electrons. The number of nitrogens with one attached hydrogen (secondary N) is 1. The van der Waals surface area contributed by atoms with Gasteiger partial charge >= 0.3 is 5.97 Å². The summed E-state index contributed by atoms with van der Waals surface area (Å²) in [6, 6.07) is 7.25. The topological polar surface area (TPSA) is 91.6 Å². The van der Waals surface area contributed by atoms with Crippen LogP contribution in [0.25, 0.3) is 0 Å². The van der Waals surface area contributed by atoms with Crippen LogP contribution in [0, 0.1) is 0 Å². The van der Waals surface area contributed by atoms with Crippen molar-refractivity contribution < 1.29 is 19.8 Å². The van der Waals surface area contributed by atoms with Crippen molar-refractivity contribution in [2.24, 2.45) is 0 Å². The van der Waals surface area contributed by atoms with Gasteiger partial charge < -0.3 is 20.1 Å². The van der Waals surface area contributed by atoms with E-state index in [-0.39, 0.29) is 23.0 Å². The highest BCUT2D eigenvalue weighted by atomic mass is 16.4. The van der Waals surface area contributed by atoms with Gasteiger partial charge in [0.2, 0.25) is 0 Å². The van der Waals surface area contributed by atoms with E-state index in [1.807, 2.05) is 13.8 Å². The Kier molecular flexibility index (Phi) is 3.98. The first kappa shape index (κ1) is 14.6. The van der Waals surface area contributed by atoms with Gasteiger partial charge in [-0.3, -0.25) is 4.79 Å². The van der Waals surface area contributed by atoms with Gasteiger partial charge in [-0.1, -0.05) is 0 Å². The molecular weight excluding hydrogens is 272 g/mol. The number of benzene rings is 1. The Morgan fingerprint density at radius 3 is 2.57 bits per heavy atom. The third-order valence-corrected chi connectivity index (χ3v) is 3.06. The number of amides is 1. The molecule has 0 aliphatic heterocycles. The number of aromatic carboxylic acids is 1. The van der Waals surface area contributed by atoms with E-state index in [1.54, 1.807) is 22.9 Å². The van der Waals surface area contributed by atoms with E-state index < -0.39 is 11.9 Å². The summed E-state index contributed by atoms with van der Waals surface area (Å²) in [6.07, 6.45) is 1.78. The molecule has 1 aromatic carbocycles. The molecule has 0 bridgehead atoms. The molecule has 0 unspecified atom stereocenters. The van der Waals surface area contributed by atoms with E-state index in [1.165, 1.54) is 18.2 Å². The van der Waals surface area contributed by atoms with Crippen LogP contribution in [-0.4, -0.2) is 26.7 Å². The molecule has 0 saturated heterocycles. The lowest BCUT2D eigenvalue weighted by molar-refractivity contribution is 0.0696. The van der Waals surface area contributed by atoms with Crippen LogP contribution in [-0.2, 0) is 0 Å². The van der Waals surface area contributed by atoms with Crippen molar-refractivity contribution in [3.63, 3.8) is 0 Å². The minimum Gasteiger partial charge on any atom is -0.506 e. The highest BCUT2D eigenvalue weighted by molar-refractivity contribution is 6.04. The number of hydrogen-bond acceptors (Lipinski definition) is 3. The molecule has 1 aromatic heterocycles. The zero-order chi connectivity index (χ0) is 15.6. The van der Waals surface area contributed by atoms with E-state index in [4.69, 9.17) is 5.11 Å². The normalized spacial score (nSPS) is 10.6. The van der Waals surface area contributed by atoms with Crippen molar-refractivity contribution in [1.82, 2.24) is 4.57 Å². The van der Waals surface area contributed by atoms with Gasteiger partial charge in [0.1, 0.15) is 11.4 Å². The number of carbonyl (C=O) groups excluding carboxylic acids is 1. The fourth-order valence-corrected chi connectivity index (χ4v) is 1.99. The maximum Gasteiger partial charge on any atom is 0.335 e. The summed E-state index contributed by atoms with van der Waals surface area (Å²) in [6.45, 7) is 3.89. The number of phenolic OH excluding ortho intramolecular Hbond substituents is 1. The first-order chi connectivity index (χ1) is 9.90. The van der Waals surface area contributed by atoms with Gasteiger partial charge in [0.15, 0.2) is 0 Å². The monoisotopic (exact) mass is 288 g/mol. The lowest BCUT2D eigenvalue weighted by Gasteiger charge is -2.13. The van der Waals surface area contributed by atoms with E-state index >= 15 is 0 Å². The van der Waals surface area contributed by atoms with Crippen molar-refractivity contribution in [3.8, 4) is 5.75 Å².